The summed E-state index contributed by atoms with van der Waals surface area (Å²) in [7, 11) is 1.93. The number of nitrogens with one attached hydrogen (secondary N) is 2. The lowest BCUT2D eigenvalue weighted by Crippen LogP contribution is -2.35. The first kappa shape index (κ1) is 17.7. The molecule has 3 unspecified atom stereocenters. The average molecular weight is 353 g/mol. The summed E-state index contributed by atoms with van der Waals surface area (Å²) < 4.78 is 1.82. The molecule has 1 aromatic rings. The summed E-state index contributed by atoms with van der Waals surface area (Å²) in [4.78, 5) is 12.6. The van der Waals surface area contributed by atoms with Crippen molar-refractivity contribution in [3.8, 4) is 0 Å². The van der Waals surface area contributed by atoms with Gasteiger partial charge in [0, 0.05) is 38.8 Å². The summed E-state index contributed by atoms with van der Waals surface area (Å²) in [6, 6.07) is 0. The first-order valence-electron chi connectivity index (χ1n) is 9.17. The number of hydrogen-bond donors (Lipinski definition) is 2. The number of aryl methyl sites for hydroxylation is 1. The van der Waals surface area contributed by atoms with E-state index in [2.05, 4.69) is 15.7 Å². The zero-order valence-electron chi connectivity index (χ0n) is 14.4. The molecule has 0 radical (unpaired) electrons. The zero-order valence-corrected chi connectivity index (χ0v) is 15.2. The Morgan fingerprint density at radius 3 is 2.92 bits per heavy atom. The molecule has 5 nitrogen and oxygen atoms in total. The molecule has 2 aliphatic carbocycles. The van der Waals surface area contributed by atoms with Crippen molar-refractivity contribution in [2.75, 3.05) is 19.6 Å². The van der Waals surface area contributed by atoms with Crippen LogP contribution in [0.1, 0.15) is 43.6 Å². The molecule has 1 aromatic heterocycles. The third-order valence-corrected chi connectivity index (χ3v) is 6.40. The van der Waals surface area contributed by atoms with Gasteiger partial charge in [-0.15, -0.1) is 12.4 Å². The highest BCUT2D eigenvalue weighted by molar-refractivity contribution is 5.85. The smallest absolute Gasteiger partial charge is 0.225 e. The van der Waals surface area contributed by atoms with Gasteiger partial charge in [0.05, 0.1) is 12.1 Å². The lowest BCUT2D eigenvalue weighted by atomic mass is 9.86. The molecule has 1 amide bonds. The van der Waals surface area contributed by atoms with Crippen LogP contribution in [0, 0.1) is 23.7 Å². The van der Waals surface area contributed by atoms with Crippen LogP contribution in [-0.4, -0.2) is 35.3 Å². The maximum Gasteiger partial charge on any atom is 0.225 e. The maximum absolute atomic E-state index is 12.6. The van der Waals surface area contributed by atoms with Crippen LogP contribution in [0.25, 0.3) is 0 Å². The molecule has 0 aromatic carbocycles. The molecule has 134 valence electrons. The second-order valence-electron chi connectivity index (χ2n) is 7.83. The van der Waals surface area contributed by atoms with Gasteiger partial charge in [-0.05, 0) is 49.0 Å². The third-order valence-electron chi connectivity index (χ3n) is 6.40. The number of fused-ring (bicyclic) bond motifs is 2. The lowest BCUT2D eigenvalue weighted by Gasteiger charge is -2.22. The number of carbonyl (C=O) groups is 1. The molecule has 2 saturated carbocycles. The van der Waals surface area contributed by atoms with Crippen LogP contribution in [-0.2, 0) is 11.8 Å². The fourth-order valence-corrected chi connectivity index (χ4v) is 5.18. The normalized spacial score (nSPS) is 34.3. The van der Waals surface area contributed by atoms with Gasteiger partial charge < -0.3 is 10.6 Å². The van der Waals surface area contributed by atoms with E-state index in [9.17, 15) is 4.79 Å². The SMILES string of the molecule is Cl.Cn1cc([C@H]2CNC[C@@H]2C(=O)NCCC2CC3CCC2C3)cn1. The Bertz CT molecular complexity index is 575. The third kappa shape index (κ3) is 3.47. The number of rotatable bonds is 5. The molecule has 1 saturated heterocycles. The van der Waals surface area contributed by atoms with E-state index in [1.165, 1.54) is 37.7 Å². The highest BCUT2D eigenvalue weighted by Crippen LogP contribution is 2.49. The summed E-state index contributed by atoms with van der Waals surface area (Å²) in [5.41, 5.74) is 1.17. The highest BCUT2D eigenvalue weighted by Gasteiger charge is 2.39. The summed E-state index contributed by atoms with van der Waals surface area (Å²) in [5.74, 6) is 3.32. The Morgan fingerprint density at radius 2 is 2.25 bits per heavy atom. The molecule has 0 spiro atoms. The van der Waals surface area contributed by atoms with Crippen molar-refractivity contribution in [2.45, 2.75) is 38.0 Å². The van der Waals surface area contributed by atoms with E-state index in [-0.39, 0.29) is 30.2 Å². The van der Waals surface area contributed by atoms with E-state index in [4.69, 9.17) is 0 Å². The van der Waals surface area contributed by atoms with Crippen LogP contribution < -0.4 is 10.6 Å². The molecule has 2 heterocycles. The number of carbonyl (C=O) groups excluding carboxylic acids is 1. The van der Waals surface area contributed by atoms with E-state index in [1.807, 2.05) is 24.1 Å². The van der Waals surface area contributed by atoms with Crippen LogP contribution >= 0.6 is 12.4 Å². The number of aromatic nitrogens is 2. The van der Waals surface area contributed by atoms with Gasteiger partial charge in [-0.1, -0.05) is 6.42 Å². The van der Waals surface area contributed by atoms with Crippen LogP contribution in [0.4, 0.5) is 0 Å². The van der Waals surface area contributed by atoms with Crippen molar-refractivity contribution in [1.82, 2.24) is 20.4 Å². The molecule has 2 N–H and O–H groups in total. The van der Waals surface area contributed by atoms with Gasteiger partial charge in [0.25, 0.3) is 0 Å². The molecular weight excluding hydrogens is 324 g/mol. The van der Waals surface area contributed by atoms with Crippen molar-refractivity contribution >= 4 is 18.3 Å². The van der Waals surface area contributed by atoms with Gasteiger partial charge in [-0.25, -0.2) is 0 Å². The topological polar surface area (TPSA) is 59.0 Å². The molecule has 2 bridgehead atoms. The summed E-state index contributed by atoms with van der Waals surface area (Å²) in [5, 5.41) is 10.8. The molecule has 1 aliphatic heterocycles. The summed E-state index contributed by atoms with van der Waals surface area (Å²) in [6.45, 7) is 2.50. The van der Waals surface area contributed by atoms with Gasteiger partial charge in [0.2, 0.25) is 5.91 Å². The number of amides is 1. The van der Waals surface area contributed by atoms with Crippen molar-refractivity contribution in [1.29, 1.82) is 0 Å². The van der Waals surface area contributed by atoms with E-state index >= 15 is 0 Å². The molecule has 6 heteroatoms. The Labute approximate surface area is 150 Å². The van der Waals surface area contributed by atoms with Crippen LogP contribution in [0.15, 0.2) is 12.4 Å². The predicted octanol–water partition coefficient (Wildman–Crippen LogP) is 2.09. The van der Waals surface area contributed by atoms with E-state index in [0.29, 0.717) is 0 Å². The summed E-state index contributed by atoms with van der Waals surface area (Å²) in [6.07, 6.45) is 10.8. The van der Waals surface area contributed by atoms with Crippen LogP contribution in [0.3, 0.4) is 0 Å². The Kier molecular flexibility index (Phi) is 5.50. The number of nitrogens with zero attached hydrogens (tertiary/aromatic N) is 2. The highest BCUT2D eigenvalue weighted by atomic mass is 35.5. The lowest BCUT2D eigenvalue weighted by molar-refractivity contribution is -0.124. The van der Waals surface area contributed by atoms with Gasteiger partial charge in [0.15, 0.2) is 0 Å². The quantitative estimate of drug-likeness (QED) is 0.853. The van der Waals surface area contributed by atoms with Gasteiger partial charge in [-0.3, -0.25) is 9.48 Å². The average Bonchev–Trinajstić information content (AvgIpc) is 3.30. The van der Waals surface area contributed by atoms with Gasteiger partial charge in [0.1, 0.15) is 0 Å². The molecule has 3 fully saturated rings. The summed E-state index contributed by atoms with van der Waals surface area (Å²) >= 11 is 0. The first-order valence-corrected chi connectivity index (χ1v) is 9.17. The van der Waals surface area contributed by atoms with Crippen molar-refractivity contribution < 1.29 is 4.79 Å². The first-order chi connectivity index (χ1) is 11.2. The fourth-order valence-electron chi connectivity index (χ4n) is 5.18. The fraction of sp³-hybridized carbons (Fsp3) is 0.778. The van der Waals surface area contributed by atoms with Crippen LogP contribution in [0.2, 0.25) is 0 Å². The monoisotopic (exact) mass is 352 g/mol. The molecule has 4 rings (SSSR count). The van der Waals surface area contributed by atoms with E-state index < -0.39 is 0 Å². The second kappa shape index (κ2) is 7.44. The number of hydrogen-bond acceptors (Lipinski definition) is 3. The molecule has 24 heavy (non-hydrogen) atoms. The van der Waals surface area contributed by atoms with E-state index in [0.717, 1.165) is 37.4 Å². The standard InChI is InChI=1S/C18H28N4O.ClH/c1-22-11-15(8-21-22)16-9-19-10-17(16)18(23)20-5-4-14-7-12-2-3-13(14)6-12;/h8,11-14,16-17,19H,2-7,9-10H2,1H3,(H,20,23);1H/t12?,13?,14?,16-,17+;/m1./s1. The minimum atomic E-state index is 0. The maximum atomic E-state index is 12.6. The minimum absolute atomic E-state index is 0. The van der Waals surface area contributed by atoms with Crippen LogP contribution in [0.5, 0.6) is 0 Å². The Balaban J connectivity index is 0.00000169. The molecule has 5 atom stereocenters. The minimum Gasteiger partial charge on any atom is -0.356 e. The Hall–Kier alpha value is -1.07. The van der Waals surface area contributed by atoms with Gasteiger partial charge in [-0.2, -0.15) is 5.10 Å². The van der Waals surface area contributed by atoms with Crippen molar-refractivity contribution in [2.24, 2.45) is 30.7 Å². The second-order valence-corrected chi connectivity index (χ2v) is 7.83. The predicted molar refractivity (Wildman–Crippen MR) is 96.1 cm³/mol. The van der Waals surface area contributed by atoms with Gasteiger partial charge >= 0.3 is 0 Å². The van der Waals surface area contributed by atoms with Crippen molar-refractivity contribution in [3.05, 3.63) is 18.0 Å². The largest absolute Gasteiger partial charge is 0.356 e. The van der Waals surface area contributed by atoms with Crippen molar-refractivity contribution in [3.63, 3.8) is 0 Å². The number of halogens is 1. The molecule has 3 aliphatic rings. The Morgan fingerprint density at radius 1 is 1.38 bits per heavy atom. The molecular formula is C18H29ClN4O. The van der Waals surface area contributed by atoms with E-state index in [1.54, 1.807) is 0 Å². The zero-order chi connectivity index (χ0) is 15.8.